The Morgan fingerprint density at radius 1 is 1.39 bits per heavy atom. The molecule has 0 bridgehead atoms. The molecule has 5 nitrogen and oxygen atoms in total. The molecule has 0 unspecified atom stereocenters. The van der Waals surface area contributed by atoms with Gasteiger partial charge in [-0.1, -0.05) is 0 Å². The zero-order chi connectivity index (χ0) is 13.7. The Kier molecular flexibility index (Phi) is 4.95. The number of nitrogens with zero attached hydrogens (tertiary/aromatic N) is 1. The molecule has 0 radical (unpaired) electrons. The van der Waals surface area contributed by atoms with Gasteiger partial charge in [0.2, 0.25) is 0 Å². The van der Waals surface area contributed by atoms with E-state index in [2.05, 4.69) is 0 Å². The Balaban J connectivity index is 2.57. The molecule has 0 atom stereocenters. The van der Waals surface area contributed by atoms with Gasteiger partial charge in [0.05, 0.1) is 18.6 Å². The number of carbonyl (C=O) groups is 2. The van der Waals surface area contributed by atoms with Crippen molar-refractivity contribution in [3.63, 3.8) is 0 Å². The highest BCUT2D eigenvalue weighted by atomic mass is 16.5. The van der Waals surface area contributed by atoms with Gasteiger partial charge in [0.1, 0.15) is 11.5 Å². The molecular weight excluding hydrogens is 234 g/mol. The summed E-state index contributed by atoms with van der Waals surface area (Å²) in [5.74, 6) is 0.862. The van der Waals surface area contributed by atoms with Crippen LogP contribution in [0.4, 0.5) is 0 Å². The van der Waals surface area contributed by atoms with Crippen LogP contribution in [0, 0.1) is 13.8 Å². The first-order valence-electron chi connectivity index (χ1n) is 5.93. The van der Waals surface area contributed by atoms with E-state index >= 15 is 0 Å². The minimum absolute atomic E-state index is 0.145. The third kappa shape index (κ3) is 3.61. The summed E-state index contributed by atoms with van der Waals surface area (Å²) in [6.07, 6.45) is 0.200. The normalized spacial score (nSPS) is 10.2. The van der Waals surface area contributed by atoms with Gasteiger partial charge in [-0.2, -0.15) is 0 Å². The molecule has 1 aromatic heterocycles. The van der Waals surface area contributed by atoms with E-state index in [1.54, 1.807) is 33.9 Å². The molecule has 0 aliphatic heterocycles. The van der Waals surface area contributed by atoms with Gasteiger partial charge in [-0.15, -0.1) is 0 Å². The molecule has 0 saturated carbocycles. The number of aryl methyl sites for hydroxylation is 2. The first kappa shape index (κ1) is 14.3. The van der Waals surface area contributed by atoms with Gasteiger partial charge in [0.15, 0.2) is 0 Å². The van der Waals surface area contributed by atoms with Gasteiger partial charge in [-0.05, 0) is 26.8 Å². The maximum atomic E-state index is 12.1. The van der Waals surface area contributed by atoms with Crippen LogP contribution in [0.1, 0.15) is 35.2 Å². The van der Waals surface area contributed by atoms with Crippen molar-refractivity contribution in [2.45, 2.75) is 27.2 Å². The van der Waals surface area contributed by atoms with Gasteiger partial charge in [0.25, 0.3) is 5.91 Å². The lowest BCUT2D eigenvalue weighted by Crippen LogP contribution is -2.29. The summed E-state index contributed by atoms with van der Waals surface area (Å²) in [6.45, 7) is 5.99. The predicted octanol–water partition coefficient (Wildman–Crippen LogP) is 1.92. The third-order valence-electron chi connectivity index (χ3n) is 2.57. The van der Waals surface area contributed by atoms with E-state index in [4.69, 9.17) is 9.15 Å². The average molecular weight is 253 g/mol. The SMILES string of the molecule is CCOC(=O)CCN(C)C(=O)c1cc(C)oc1C. The fraction of sp³-hybridized carbons (Fsp3) is 0.538. The maximum absolute atomic E-state index is 12.1. The van der Waals surface area contributed by atoms with E-state index in [1.165, 1.54) is 4.90 Å². The summed E-state index contributed by atoms with van der Waals surface area (Å²) in [5, 5.41) is 0. The fourth-order valence-corrected chi connectivity index (χ4v) is 1.64. The van der Waals surface area contributed by atoms with Crippen LogP contribution in [0.15, 0.2) is 10.5 Å². The van der Waals surface area contributed by atoms with E-state index in [0.29, 0.717) is 30.2 Å². The topological polar surface area (TPSA) is 59.8 Å². The minimum atomic E-state index is -0.294. The number of furan rings is 1. The van der Waals surface area contributed by atoms with Crippen LogP contribution in [-0.4, -0.2) is 37.0 Å². The number of rotatable bonds is 5. The highest BCUT2D eigenvalue weighted by Crippen LogP contribution is 2.15. The molecule has 1 rings (SSSR count). The summed E-state index contributed by atoms with van der Waals surface area (Å²) < 4.78 is 10.1. The second-order valence-electron chi connectivity index (χ2n) is 4.11. The first-order chi connectivity index (χ1) is 8.45. The Labute approximate surface area is 107 Å². The molecule has 0 spiro atoms. The number of amides is 1. The average Bonchev–Trinajstić information content (AvgIpc) is 2.64. The molecular formula is C13H19NO4. The van der Waals surface area contributed by atoms with Gasteiger partial charge < -0.3 is 14.1 Å². The third-order valence-corrected chi connectivity index (χ3v) is 2.57. The highest BCUT2D eigenvalue weighted by molar-refractivity contribution is 5.95. The molecule has 18 heavy (non-hydrogen) atoms. The molecule has 0 aliphatic rings. The molecule has 1 aromatic rings. The van der Waals surface area contributed by atoms with Crippen LogP contribution >= 0.6 is 0 Å². The minimum Gasteiger partial charge on any atom is -0.466 e. The number of hydrogen-bond donors (Lipinski definition) is 0. The van der Waals surface area contributed by atoms with Crippen LogP contribution in [0.5, 0.6) is 0 Å². The summed E-state index contributed by atoms with van der Waals surface area (Å²) in [5.41, 5.74) is 0.541. The summed E-state index contributed by atoms with van der Waals surface area (Å²) in [6, 6.07) is 1.71. The largest absolute Gasteiger partial charge is 0.466 e. The summed E-state index contributed by atoms with van der Waals surface area (Å²) in [4.78, 5) is 24.8. The van der Waals surface area contributed by atoms with E-state index in [0.717, 1.165) is 0 Å². The van der Waals surface area contributed by atoms with Crippen LogP contribution in [0.2, 0.25) is 0 Å². The molecule has 5 heteroatoms. The van der Waals surface area contributed by atoms with Crippen LogP contribution in [0.25, 0.3) is 0 Å². The molecule has 0 saturated heterocycles. The van der Waals surface area contributed by atoms with E-state index < -0.39 is 0 Å². The summed E-state index contributed by atoms with van der Waals surface area (Å²) >= 11 is 0. The molecule has 100 valence electrons. The van der Waals surface area contributed by atoms with Crippen molar-refractivity contribution < 1.29 is 18.7 Å². The van der Waals surface area contributed by atoms with Crippen LogP contribution in [0.3, 0.4) is 0 Å². The Morgan fingerprint density at radius 2 is 2.06 bits per heavy atom. The molecule has 1 heterocycles. The van der Waals surface area contributed by atoms with Crippen molar-refractivity contribution in [2.24, 2.45) is 0 Å². The lowest BCUT2D eigenvalue weighted by Gasteiger charge is -2.15. The molecule has 1 amide bonds. The zero-order valence-electron chi connectivity index (χ0n) is 11.3. The number of carbonyl (C=O) groups excluding carboxylic acids is 2. The van der Waals surface area contributed by atoms with Crippen molar-refractivity contribution >= 4 is 11.9 Å². The number of hydrogen-bond acceptors (Lipinski definition) is 4. The second-order valence-corrected chi connectivity index (χ2v) is 4.11. The van der Waals surface area contributed by atoms with E-state index in [-0.39, 0.29) is 18.3 Å². The Morgan fingerprint density at radius 3 is 2.56 bits per heavy atom. The fourth-order valence-electron chi connectivity index (χ4n) is 1.64. The summed E-state index contributed by atoms with van der Waals surface area (Å²) in [7, 11) is 1.66. The highest BCUT2D eigenvalue weighted by Gasteiger charge is 2.18. The van der Waals surface area contributed by atoms with Crippen LogP contribution < -0.4 is 0 Å². The predicted molar refractivity (Wildman–Crippen MR) is 66.4 cm³/mol. The second kappa shape index (κ2) is 6.23. The van der Waals surface area contributed by atoms with Crippen molar-refractivity contribution in [3.8, 4) is 0 Å². The van der Waals surface area contributed by atoms with Gasteiger partial charge in [-0.25, -0.2) is 0 Å². The molecule has 0 aliphatic carbocycles. The van der Waals surface area contributed by atoms with Crippen molar-refractivity contribution in [3.05, 3.63) is 23.2 Å². The maximum Gasteiger partial charge on any atom is 0.307 e. The monoisotopic (exact) mass is 253 g/mol. The zero-order valence-corrected chi connectivity index (χ0v) is 11.3. The molecule has 0 N–H and O–H groups in total. The smallest absolute Gasteiger partial charge is 0.307 e. The van der Waals surface area contributed by atoms with Gasteiger partial charge in [0, 0.05) is 13.6 Å². The van der Waals surface area contributed by atoms with E-state index in [9.17, 15) is 9.59 Å². The quantitative estimate of drug-likeness (QED) is 0.752. The van der Waals surface area contributed by atoms with Gasteiger partial charge >= 0.3 is 5.97 Å². The van der Waals surface area contributed by atoms with Crippen LogP contribution in [-0.2, 0) is 9.53 Å². The standard InChI is InChI=1S/C13H19NO4/c1-5-17-12(15)6-7-14(4)13(16)11-8-9(2)18-10(11)3/h8H,5-7H2,1-4H3. The first-order valence-corrected chi connectivity index (χ1v) is 5.93. The van der Waals surface area contributed by atoms with Crippen molar-refractivity contribution in [1.29, 1.82) is 0 Å². The lowest BCUT2D eigenvalue weighted by atomic mass is 10.2. The lowest BCUT2D eigenvalue weighted by molar-refractivity contribution is -0.143. The van der Waals surface area contributed by atoms with Crippen molar-refractivity contribution in [2.75, 3.05) is 20.2 Å². The molecule has 0 fully saturated rings. The Bertz CT molecular complexity index is 436. The molecule has 0 aromatic carbocycles. The van der Waals surface area contributed by atoms with E-state index in [1.807, 2.05) is 0 Å². The number of ether oxygens (including phenoxy) is 1. The van der Waals surface area contributed by atoms with Gasteiger partial charge in [-0.3, -0.25) is 9.59 Å². The van der Waals surface area contributed by atoms with Crippen molar-refractivity contribution in [1.82, 2.24) is 4.90 Å². The Hall–Kier alpha value is -1.78. The number of esters is 1.